The van der Waals surface area contributed by atoms with Gasteiger partial charge in [0, 0.05) is 6.20 Å². The molecule has 0 aliphatic carbocycles. The summed E-state index contributed by atoms with van der Waals surface area (Å²) in [5.41, 5.74) is 2.42. The van der Waals surface area contributed by atoms with Crippen molar-refractivity contribution in [3.05, 3.63) is 53.9 Å². The highest BCUT2D eigenvalue weighted by Crippen LogP contribution is 2.19. The number of aromatic carboxylic acids is 1. The summed E-state index contributed by atoms with van der Waals surface area (Å²) in [5.74, 6) is -0.964. The van der Waals surface area contributed by atoms with Crippen LogP contribution in [0.4, 0.5) is 0 Å². The number of hydrogen-bond acceptors (Lipinski definition) is 2. The van der Waals surface area contributed by atoms with Crippen LogP contribution in [0, 0.1) is 0 Å². The normalized spacial score (nSPS) is 11.6. The largest absolute Gasteiger partial charge is 0.478 e. The van der Waals surface area contributed by atoms with Crippen molar-refractivity contribution in [2.24, 2.45) is 0 Å². The molecule has 4 heteroatoms. The number of aromatic nitrogens is 2. The van der Waals surface area contributed by atoms with E-state index in [1.165, 1.54) is 0 Å². The van der Waals surface area contributed by atoms with Crippen LogP contribution in [0.3, 0.4) is 0 Å². The van der Waals surface area contributed by atoms with E-state index in [1.54, 1.807) is 10.9 Å². The summed E-state index contributed by atoms with van der Waals surface area (Å²) < 4.78 is 1.59. The van der Waals surface area contributed by atoms with Crippen molar-refractivity contribution in [2.75, 3.05) is 0 Å². The molecule has 0 atom stereocenters. The smallest absolute Gasteiger partial charge is 0.339 e. The van der Waals surface area contributed by atoms with Crippen molar-refractivity contribution in [3.8, 4) is 5.69 Å². The molecule has 1 heterocycles. The fourth-order valence-electron chi connectivity index (χ4n) is 1.67. The molecule has 0 unspecified atom stereocenters. The molecule has 4 nitrogen and oxygen atoms in total. The Kier molecular flexibility index (Phi) is 3.28. The van der Waals surface area contributed by atoms with Gasteiger partial charge in [0.25, 0.3) is 0 Å². The molecule has 0 bridgehead atoms. The van der Waals surface area contributed by atoms with Gasteiger partial charge in [0.1, 0.15) is 11.3 Å². The number of rotatable bonds is 3. The quantitative estimate of drug-likeness (QED) is 0.900. The number of allylic oxidation sites excluding steroid dienone is 2. The average Bonchev–Trinajstić information content (AvgIpc) is 2.84. The van der Waals surface area contributed by atoms with Crippen LogP contribution in [0.5, 0.6) is 0 Å². The van der Waals surface area contributed by atoms with Crippen LogP contribution in [0.25, 0.3) is 11.3 Å². The molecule has 2 rings (SSSR count). The third kappa shape index (κ3) is 2.18. The highest BCUT2D eigenvalue weighted by molar-refractivity contribution is 5.92. The van der Waals surface area contributed by atoms with Crippen LogP contribution in [0.1, 0.15) is 29.9 Å². The zero-order valence-electron chi connectivity index (χ0n) is 10.3. The third-order valence-corrected chi connectivity index (χ3v) is 2.77. The monoisotopic (exact) mass is 242 g/mol. The molecule has 92 valence electrons. The Morgan fingerprint density at radius 2 is 2.00 bits per heavy atom. The topological polar surface area (TPSA) is 55.1 Å². The van der Waals surface area contributed by atoms with Crippen LogP contribution >= 0.6 is 0 Å². The van der Waals surface area contributed by atoms with Crippen molar-refractivity contribution in [1.29, 1.82) is 0 Å². The molecule has 0 fully saturated rings. The van der Waals surface area contributed by atoms with E-state index in [2.05, 4.69) is 5.10 Å². The average molecular weight is 242 g/mol. The maximum atomic E-state index is 11.2. The fourth-order valence-corrected chi connectivity index (χ4v) is 1.67. The molecular weight excluding hydrogens is 228 g/mol. The molecular formula is C14H14N2O2. The minimum Gasteiger partial charge on any atom is -0.478 e. The van der Waals surface area contributed by atoms with E-state index in [4.69, 9.17) is 0 Å². The van der Waals surface area contributed by atoms with E-state index in [9.17, 15) is 9.90 Å². The van der Waals surface area contributed by atoms with Gasteiger partial charge in [-0.05, 0) is 31.6 Å². The Balaban J connectivity index is 2.56. The van der Waals surface area contributed by atoms with E-state index < -0.39 is 5.97 Å². The van der Waals surface area contributed by atoms with Crippen LogP contribution in [-0.2, 0) is 0 Å². The molecule has 0 radical (unpaired) electrons. The lowest BCUT2D eigenvalue weighted by molar-refractivity contribution is 0.0696. The van der Waals surface area contributed by atoms with Gasteiger partial charge in [-0.2, -0.15) is 5.10 Å². The maximum absolute atomic E-state index is 11.2. The lowest BCUT2D eigenvalue weighted by Gasteiger charge is -1.99. The SMILES string of the molecule is C/C=C(\C)c1nn(-c2ccccc2)cc1C(=O)O. The van der Waals surface area contributed by atoms with Gasteiger partial charge in [-0.25, -0.2) is 9.48 Å². The number of para-hydroxylation sites is 1. The Bertz CT molecular complexity index is 598. The number of benzene rings is 1. The third-order valence-electron chi connectivity index (χ3n) is 2.77. The molecule has 0 saturated carbocycles. The summed E-state index contributed by atoms with van der Waals surface area (Å²) in [6.07, 6.45) is 3.39. The van der Waals surface area contributed by atoms with Gasteiger partial charge in [-0.15, -0.1) is 0 Å². The van der Waals surface area contributed by atoms with Crippen molar-refractivity contribution < 1.29 is 9.90 Å². The second kappa shape index (κ2) is 4.87. The summed E-state index contributed by atoms with van der Waals surface area (Å²) in [4.78, 5) is 11.2. The van der Waals surface area contributed by atoms with Gasteiger partial charge >= 0.3 is 5.97 Å². The first-order chi connectivity index (χ1) is 8.63. The van der Waals surface area contributed by atoms with Crippen LogP contribution in [-0.4, -0.2) is 20.9 Å². The number of carbonyl (C=O) groups is 1. The van der Waals surface area contributed by atoms with Crippen molar-refractivity contribution in [2.45, 2.75) is 13.8 Å². The minimum absolute atomic E-state index is 0.217. The van der Waals surface area contributed by atoms with Crippen LogP contribution < -0.4 is 0 Å². The Morgan fingerprint density at radius 1 is 1.33 bits per heavy atom. The summed E-state index contributed by atoms with van der Waals surface area (Å²) >= 11 is 0. The molecule has 1 aromatic heterocycles. The van der Waals surface area contributed by atoms with E-state index in [0.29, 0.717) is 5.69 Å². The number of nitrogens with zero attached hydrogens (tertiary/aromatic N) is 2. The molecule has 18 heavy (non-hydrogen) atoms. The minimum atomic E-state index is -0.964. The van der Waals surface area contributed by atoms with Crippen molar-refractivity contribution in [3.63, 3.8) is 0 Å². The summed E-state index contributed by atoms with van der Waals surface area (Å²) in [5, 5.41) is 13.5. The predicted octanol–water partition coefficient (Wildman–Crippen LogP) is 2.99. The van der Waals surface area contributed by atoms with Crippen LogP contribution in [0.2, 0.25) is 0 Å². The van der Waals surface area contributed by atoms with Gasteiger partial charge in [0.15, 0.2) is 0 Å². The Labute approximate surface area is 105 Å². The zero-order chi connectivity index (χ0) is 13.1. The maximum Gasteiger partial charge on any atom is 0.339 e. The number of carboxylic acid groups (broad SMARTS) is 1. The zero-order valence-corrected chi connectivity index (χ0v) is 10.3. The lowest BCUT2D eigenvalue weighted by Crippen LogP contribution is -1.98. The summed E-state index contributed by atoms with van der Waals surface area (Å²) in [6.45, 7) is 3.71. The number of carboxylic acids is 1. The van der Waals surface area contributed by atoms with Gasteiger partial charge in [-0.1, -0.05) is 24.3 Å². The fraction of sp³-hybridized carbons (Fsp3) is 0.143. The van der Waals surface area contributed by atoms with E-state index in [1.807, 2.05) is 50.3 Å². The standard InChI is InChI=1S/C14H14N2O2/c1-3-10(2)13-12(14(17)18)9-16(15-13)11-7-5-4-6-8-11/h3-9H,1-2H3,(H,17,18)/b10-3+. The first-order valence-corrected chi connectivity index (χ1v) is 5.65. The Hall–Kier alpha value is -2.36. The molecule has 0 aliphatic heterocycles. The second-order valence-electron chi connectivity index (χ2n) is 3.95. The molecule has 0 amide bonds. The van der Waals surface area contributed by atoms with Gasteiger partial charge in [-0.3, -0.25) is 0 Å². The lowest BCUT2D eigenvalue weighted by atomic mass is 10.1. The van der Waals surface area contributed by atoms with Gasteiger partial charge < -0.3 is 5.11 Å². The van der Waals surface area contributed by atoms with Gasteiger partial charge in [0.2, 0.25) is 0 Å². The summed E-state index contributed by atoms with van der Waals surface area (Å²) in [6, 6.07) is 9.45. The Morgan fingerprint density at radius 3 is 2.56 bits per heavy atom. The molecule has 0 spiro atoms. The molecule has 1 N–H and O–H groups in total. The first kappa shape index (κ1) is 12.1. The number of hydrogen-bond donors (Lipinski definition) is 1. The summed E-state index contributed by atoms with van der Waals surface area (Å²) in [7, 11) is 0. The first-order valence-electron chi connectivity index (χ1n) is 5.65. The van der Waals surface area contributed by atoms with Crippen LogP contribution in [0.15, 0.2) is 42.6 Å². The highest BCUT2D eigenvalue weighted by Gasteiger charge is 2.16. The molecule has 0 aliphatic rings. The highest BCUT2D eigenvalue weighted by atomic mass is 16.4. The second-order valence-corrected chi connectivity index (χ2v) is 3.95. The molecule has 1 aromatic carbocycles. The van der Waals surface area contributed by atoms with E-state index in [0.717, 1.165) is 11.3 Å². The molecule has 0 saturated heterocycles. The van der Waals surface area contributed by atoms with E-state index >= 15 is 0 Å². The van der Waals surface area contributed by atoms with E-state index in [-0.39, 0.29) is 5.56 Å². The van der Waals surface area contributed by atoms with Gasteiger partial charge in [0.05, 0.1) is 5.69 Å². The predicted molar refractivity (Wildman–Crippen MR) is 69.8 cm³/mol. The molecule has 2 aromatic rings. The van der Waals surface area contributed by atoms with Crippen molar-refractivity contribution >= 4 is 11.5 Å². The van der Waals surface area contributed by atoms with Crippen molar-refractivity contribution in [1.82, 2.24) is 9.78 Å².